The van der Waals surface area contributed by atoms with Crippen LogP contribution in [-0.2, 0) is 14.4 Å². The second-order valence-corrected chi connectivity index (χ2v) is 8.30. The maximum absolute atomic E-state index is 12.5. The highest BCUT2D eigenvalue weighted by molar-refractivity contribution is 5.93. The summed E-state index contributed by atoms with van der Waals surface area (Å²) in [5, 5.41) is 2.89. The van der Waals surface area contributed by atoms with Crippen LogP contribution in [0.1, 0.15) is 84.5 Å². The molecule has 1 saturated carbocycles. The average molecular weight is 365 g/mol. The maximum atomic E-state index is 12.5. The van der Waals surface area contributed by atoms with Crippen molar-refractivity contribution in [2.24, 2.45) is 11.8 Å². The predicted octanol–water partition coefficient (Wildman–Crippen LogP) is 3.46. The van der Waals surface area contributed by atoms with Gasteiger partial charge in [0.15, 0.2) is 5.78 Å². The molecule has 1 N–H and O–H groups in total. The number of nitrogens with zero attached hydrogens (tertiary/aromatic N) is 1. The summed E-state index contributed by atoms with van der Waals surface area (Å²) in [6.07, 6.45) is 10.7. The quantitative estimate of drug-likeness (QED) is 0.752. The Morgan fingerprint density at radius 2 is 1.88 bits per heavy atom. The number of amides is 2. The average Bonchev–Trinajstić information content (AvgIpc) is 2.82. The molecular formula is C21H36N2O3. The first-order chi connectivity index (χ1) is 12.5. The van der Waals surface area contributed by atoms with E-state index in [-0.39, 0.29) is 24.1 Å². The highest BCUT2D eigenvalue weighted by Gasteiger charge is 2.28. The second-order valence-electron chi connectivity index (χ2n) is 8.30. The van der Waals surface area contributed by atoms with Gasteiger partial charge in [0.2, 0.25) is 11.8 Å². The van der Waals surface area contributed by atoms with Crippen molar-refractivity contribution in [3.05, 3.63) is 0 Å². The summed E-state index contributed by atoms with van der Waals surface area (Å²) in [4.78, 5) is 38.9. The van der Waals surface area contributed by atoms with Crippen molar-refractivity contribution in [3.63, 3.8) is 0 Å². The van der Waals surface area contributed by atoms with E-state index in [1.54, 1.807) is 4.90 Å². The van der Waals surface area contributed by atoms with E-state index in [1.807, 2.05) is 6.92 Å². The van der Waals surface area contributed by atoms with Crippen LogP contribution in [0.15, 0.2) is 0 Å². The van der Waals surface area contributed by atoms with Crippen molar-refractivity contribution >= 4 is 17.6 Å². The van der Waals surface area contributed by atoms with E-state index in [4.69, 9.17) is 0 Å². The normalized spacial score (nSPS) is 23.4. The number of rotatable bonds is 7. The zero-order chi connectivity index (χ0) is 18.9. The smallest absolute Gasteiger partial charge is 0.222 e. The Kier molecular flexibility index (Phi) is 8.60. The minimum absolute atomic E-state index is 0.0222. The first-order valence-corrected chi connectivity index (χ1v) is 10.6. The van der Waals surface area contributed by atoms with Gasteiger partial charge in [0.25, 0.3) is 0 Å². The SMILES string of the molecule is CC[C@H](C)CC(=O)NC1CCCN(C(=O)CCC2CCCCC2)CC1=O. The van der Waals surface area contributed by atoms with Crippen LogP contribution in [0.5, 0.6) is 0 Å². The number of hydrogen-bond donors (Lipinski definition) is 1. The zero-order valence-corrected chi connectivity index (χ0v) is 16.6. The van der Waals surface area contributed by atoms with E-state index in [0.29, 0.717) is 37.6 Å². The molecule has 0 spiro atoms. The van der Waals surface area contributed by atoms with Gasteiger partial charge in [-0.2, -0.15) is 0 Å². The molecular weight excluding hydrogens is 328 g/mol. The van der Waals surface area contributed by atoms with Gasteiger partial charge in [0.1, 0.15) is 0 Å². The summed E-state index contributed by atoms with van der Waals surface area (Å²) in [5.74, 6) is 1.05. The van der Waals surface area contributed by atoms with Crippen LogP contribution in [0.4, 0.5) is 0 Å². The third-order valence-corrected chi connectivity index (χ3v) is 6.07. The lowest BCUT2D eigenvalue weighted by Crippen LogP contribution is -2.44. The van der Waals surface area contributed by atoms with Crippen LogP contribution in [0, 0.1) is 11.8 Å². The van der Waals surface area contributed by atoms with Crippen molar-refractivity contribution in [1.29, 1.82) is 0 Å². The minimum atomic E-state index is -0.428. The van der Waals surface area contributed by atoms with Gasteiger partial charge in [0.05, 0.1) is 12.6 Å². The molecule has 0 aromatic heterocycles. The Morgan fingerprint density at radius 3 is 2.58 bits per heavy atom. The van der Waals surface area contributed by atoms with Crippen LogP contribution < -0.4 is 5.32 Å². The number of carbonyl (C=O) groups excluding carboxylic acids is 3. The Labute approximate surface area is 158 Å². The molecule has 5 nitrogen and oxygen atoms in total. The first-order valence-electron chi connectivity index (χ1n) is 10.6. The molecule has 2 amide bonds. The van der Waals surface area contributed by atoms with Gasteiger partial charge in [-0.3, -0.25) is 14.4 Å². The van der Waals surface area contributed by atoms with E-state index in [1.165, 1.54) is 32.1 Å². The van der Waals surface area contributed by atoms with Gasteiger partial charge in [-0.1, -0.05) is 52.4 Å². The molecule has 148 valence electrons. The molecule has 0 aromatic carbocycles. The molecule has 1 heterocycles. The molecule has 0 bridgehead atoms. The number of likely N-dealkylation sites (tertiary alicyclic amines) is 1. The van der Waals surface area contributed by atoms with Gasteiger partial charge in [-0.15, -0.1) is 0 Å². The fraction of sp³-hybridized carbons (Fsp3) is 0.857. The molecule has 1 unspecified atom stereocenters. The summed E-state index contributed by atoms with van der Waals surface area (Å²) in [5.41, 5.74) is 0. The van der Waals surface area contributed by atoms with Crippen LogP contribution in [0.2, 0.25) is 0 Å². The van der Waals surface area contributed by atoms with Gasteiger partial charge in [-0.25, -0.2) is 0 Å². The summed E-state index contributed by atoms with van der Waals surface area (Å²) < 4.78 is 0. The van der Waals surface area contributed by atoms with Gasteiger partial charge in [0, 0.05) is 19.4 Å². The Balaban J connectivity index is 1.78. The standard InChI is InChI=1S/C21H36N2O3/c1-3-16(2)14-20(25)22-18-10-7-13-23(15-19(18)24)21(26)12-11-17-8-5-4-6-9-17/h16-18H,3-15H2,1-2H3,(H,22,25)/t16-,18?/m0/s1. The summed E-state index contributed by atoms with van der Waals surface area (Å²) >= 11 is 0. The Morgan fingerprint density at radius 1 is 1.15 bits per heavy atom. The van der Waals surface area contributed by atoms with Crippen LogP contribution >= 0.6 is 0 Å². The number of hydrogen-bond acceptors (Lipinski definition) is 3. The maximum Gasteiger partial charge on any atom is 0.222 e. The lowest BCUT2D eigenvalue weighted by molar-refractivity contribution is -0.135. The van der Waals surface area contributed by atoms with Crippen molar-refractivity contribution in [2.45, 2.75) is 90.5 Å². The molecule has 5 heteroatoms. The topological polar surface area (TPSA) is 66.5 Å². The van der Waals surface area contributed by atoms with Gasteiger partial charge < -0.3 is 10.2 Å². The van der Waals surface area contributed by atoms with Crippen LogP contribution in [0.25, 0.3) is 0 Å². The lowest BCUT2D eigenvalue weighted by atomic mass is 9.86. The summed E-state index contributed by atoms with van der Waals surface area (Å²) in [7, 11) is 0. The van der Waals surface area contributed by atoms with Crippen LogP contribution in [0.3, 0.4) is 0 Å². The Bertz CT molecular complexity index is 486. The van der Waals surface area contributed by atoms with E-state index in [0.717, 1.165) is 19.3 Å². The van der Waals surface area contributed by atoms with Gasteiger partial charge in [-0.05, 0) is 31.1 Å². The molecule has 2 fully saturated rings. The van der Waals surface area contributed by atoms with E-state index in [2.05, 4.69) is 12.2 Å². The monoisotopic (exact) mass is 364 g/mol. The number of carbonyl (C=O) groups is 3. The molecule has 2 aliphatic rings. The summed E-state index contributed by atoms with van der Waals surface area (Å²) in [6, 6.07) is -0.428. The third kappa shape index (κ3) is 6.73. The molecule has 0 radical (unpaired) electrons. The van der Waals surface area contributed by atoms with Crippen molar-refractivity contribution in [1.82, 2.24) is 10.2 Å². The second kappa shape index (κ2) is 10.7. The van der Waals surface area contributed by atoms with E-state index >= 15 is 0 Å². The minimum Gasteiger partial charge on any atom is -0.346 e. The number of nitrogens with one attached hydrogen (secondary N) is 1. The van der Waals surface area contributed by atoms with Crippen LogP contribution in [-0.4, -0.2) is 41.6 Å². The Hall–Kier alpha value is -1.39. The van der Waals surface area contributed by atoms with Crippen molar-refractivity contribution in [2.75, 3.05) is 13.1 Å². The molecule has 26 heavy (non-hydrogen) atoms. The molecule has 2 rings (SSSR count). The van der Waals surface area contributed by atoms with Crippen molar-refractivity contribution in [3.8, 4) is 0 Å². The lowest BCUT2D eigenvalue weighted by Gasteiger charge is -2.24. The largest absolute Gasteiger partial charge is 0.346 e. The fourth-order valence-corrected chi connectivity index (χ4v) is 4.07. The fourth-order valence-electron chi connectivity index (χ4n) is 4.07. The molecule has 1 aliphatic heterocycles. The van der Waals surface area contributed by atoms with Crippen molar-refractivity contribution < 1.29 is 14.4 Å². The molecule has 0 aromatic rings. The van der Waals surface area contributed by atoms with Gasteiger partial charge >= 0.3 is 0 Å². The first kappa shape index (κ1) is 20.9. The van der Waals surface area contributed by atoms with E-state index in [9.17, 15) is 14.4 Å². The molecule has 1 aliphatic carbocycles. The zero-order valence-electron chi connectivity index (χ0n) is 16.6. The number of Topliss-reactive ketones (excluding diaryl/α,β-unsaturated/α-hetero) is 1. The highest BCUT2D eigenvalue weighted by atomic mass is 16.2. The highest BCUT2D eigenvalue weighted by Crippen LogP contribution is 2.27. The number of ketones is 1. The molecule has 1 saturated heterocycles. The molecule has 2 atom stereocenters. The predicted molar refractivity (Wildman–Crippen MR) is 103 cm³/mol. The van der Waals surface area contributed by atoms with E-state index < -0.39 is 6.04 Å². The summed E-state index contributed by atoms with van der Waals surface area (Å²) in [6.45, 7) is 4.89. The third-order valence-electron chi connectivity index (χ3n) is 6.07.